The van der Waals surface area contributed by atoms with Gasteiger partial charge >= 0.3 is 0 Å². The van der Waals surface area contributed by atoms with E-state index < -0.39 is 12.6 Å². The fraction of sp³-hybridized carbons (Fsp3) is 0.700. The summed E-state index contributed by atoms with van der Waals surface area (Å²) in [6.45, 7) is 6.16. The fourth-order valence-corrected chi connectivity index (χ4v) is 2.66. The molecule has 0 aliphatic rings. The number of aliphatic hydroxyl groups is 1. The number of hydrogen-bond donors (Lipinski definition) is 1. The van der Waals surface area contributed by atoms with Crippen LogP contribution in [0.15, 0.2) is 24.3 Å². The van der Waals surface area contributed by atoms with Gasteiger partial charge in [0.1, 0.15) is 5.75 Å². The van der Waals surface area contributed by atoms with Crippen molar-refractivity contribution in [2.75, 3.05) is 13.2 Å². The molecule has 1 aromatic carbocycles. The van der Waals surface area contributed by atoms with Gasteiger partial charge in [-0.3, -0.25) is 0 Å². The van der Waals surface area contributed by atoms with Crippen molar-refractivity contribution in [2.45, 2.75) is 78.3 Å². The second-order valence-electron chi connectivity index (χ2n) is 6.11. The molecule has 0 spiro atoms. The van der Waals surface area contributed by atoms with Crippen LogP contribution in [0.1, 0.15) is 64.9 Å². The molecule has 0 heterocycles. The van der Waals surface area contributed by atoms with Gasteiger partial charge in [0.2, 0.25) is 0 Å². The van der Waals surface area contributed by atoms with E-state index in [2.05, 4.69) is 19.1 Å². The number of benzene rings is 1. The summed E-state index contributed by atoms with van der Waals surface area (Å²) in [5.74, 6) is 0.882. The highest BCUT2D eigenvalue weighted by Gasteiger charge is 2.12. The minimum atomic E-state index is -0.405. The fourth-order valence-electron chi connectivity index (χ4n) is 2.66. The van der Waals surface area contributed by atoms with E-state index in [1.165, 1.54) is 44.1 Å². The lowest BCUT2D eigenvalue weighted by Crippen LogP contribution is -2.25. The maximum atomic E-state index is 8.76. The molecule has 0 saturated heterocycles. The molecule has 0 saturated carbocycles. The number of ether oxygens (including phenoxy) is 3. The molecule has 24 heavy (non-hydrogen) atoms. The first-order chi connectivity index (χ1) is 11.7. The number of para-hydroxylation sites is 1. The monoisotopic (exact) mass is 338 g/mol. The van der Waals surface area contributed by atoms with Crippen LogP contribution in [0.2, 0.25) is 0 Å². The lowest BCUT2D eigenvalue weighted by Gasteiger charge is -2.21. The lowest BCUT2D eigenvalue weighted by molar-refractivity contribution is -0.206. The molecule has 1 rings (SSSR count). The predicted octanol–water partition coefficient (Wildman–Crippen LogP) is 4.69. The van der Waals surface area contributed by atoms with Gasteiger partial charge in [0.25, 0.3) is 0 Å². The zero-order valence-corrected chi connectivity index (χ0v) is 15.5. The molecule has 0 bridgehead atoms. The summed E-state index contributed by atoms with van der Waals surface area (Å²) >= 11 is 0. The molecule has 0 aliphatic carbocycles. The van der Waals surface area contributed by atoms with Crippen molar-refractivity contribution >= 4 is 0 Å². The summed E-state index contributed by atoms with van der Waals surface area (Å²) in [6, 6.07) is 8.15. The largest absolute Gasteiger partial charge is 0.465 e. The minimum absolute atomic E-state index is 0.00989. The van der Waals surface area contributed by atoms with Gasteiger partial charge in [0, 0.05) is 0 Å². The van der Waals surface area contributed by atoms with Crippen LogP contribution in [-0.2, 0) is 15.9 Å². The maximum absolute atomic E-state index is 8.76. The minimum Gasteiger partial charge on any atom is -0.465 e. The van der Waals surface area contributed by atoms with E-state index >= 15 is 0 Å². The van der Waals surface area contributed by atoms with E-state index in [4.69, 9.17) is 19.3 Å². The molecular weight excluding hydrogens is 304 g/mol. The molecule has 0 aromatic heterocycles. The van der Waals surface area contributed by atoms with Crippen LogP contribution in [0, 0.1) is 0 Å². The van der Waals surface area contributed by atoms with Crippen LogP contribution in [0.5, 0.6) is 5.75 Å². The van der Waals surface area contributed by atoms with E-state index in [0.717, 1.165) is 12.2 Å². The Morgan fingerprint density at radius 1 is 0.958 bits per heavy atom. The average molecular weight is 338 g/mol. The summed E-state index contributed by atoms with van der Waals surface area (Å²) in [7, 11) is 0. The highest BCUT2D eigenvalue weighted by molar-refractivity contribution is 5.33. The summed E-state index contributed by atoms with van der Waals surface area (Å²) in [5, 5.41) is 8.76. The van der Waals surface area contributed by atoms with Crippen LogP contribution in [0.3, 0.4) is 0 Å². The van der Waals surface area contributed by atoms with E-state index in [0.29, 0.717) is 0 Å². The van der Waals surface area contributed by atoms with Crippen molar-refractivity contribution in [3.8, 4) is 5.75 Å². The van der Waals surface area contributed by atoms with Crippen LogP contribution in [0.25, 0.3) is 0 Å². The Morgan fingerprint density at radius 2 is 1.67 bits per heavy atom. The molecule has 0 amide bonds. The third kappa shape index (κ3) is 9.26. The van der Waals surface area contributed by atoms with Gasteiger partial charge in [-0.15, -0.1) is 0 Å². The normalized spacial score (nSPS) is 13.7. The molecule has 1 aromatic rings. The van der Waals surface area contributed by atoms with Gasteiger partial charge in [0.05, 0.1) is 13.2 Å². The summed E-state index contributed by atoms with van der Waals surface area (Å²) in [4.78, 5) is 0. The number of aryl methyl sites for hydroxylation is 1. The van der Waals surface area contributed by atoms with Crippen molar-refractivity contribution < 1.29 is 19.3 Å². The zero-order valence-electron chi connectivity index (χ0n) is 15.5. The standard InChI is InChI=1S/C20H34O4/c1-4-5-6-7-8-9-12-19-13-10-11-14-20(19)24-18(3)23-17(2)22-16-15-21/h10-11,13-14,17-18,21H,4-9,12,15-16H2,1-3H3. The van der Waals surface area contributed by atoms with Gasteiger partial charge in [-0.25, -0.2) is 0 Å². The zero-order chi connectivity index (χ0) is 17.6. The first-order valence-electron chi connectivity index (χ1n) is 9.29. The quantitative estimate of drug-likeness (QED) is 0.395. The molecular formula is C20H34O4. The molecule has 0 aliphatic heterocycles. The van der Waals surface area contributed by atoms with E-state index in [1.807, 2.05) is 19.1 Å². The van der Waals surface area contributed by atoms with Crippen molar-refractivity contribution in [3.63, 3.8) is 0 Å². The summed E-state index contributed by atoms with van der Waals surface area (Å²) in [6.07, 6.45) is 7.97. The first kappa shape index (κ1) is 20.9. The van der Waals surface area contributed by atoms with Crippen LogP contribution in [-0.4, -0.2) is 30.9 Å². The third-order valence-electron chi connectivity index (χ3n) is 3.89. The Morgan fingerprint density at radius 3 is 2.42 bits per heavy atom. The molecule has 138 valence electrons. The number of aliphatic hydroxyl groups excluding tert-OH is 1. The highest BCUT2D eigenvalue weighted by atomic mass is 16.8. The summed E-state index contributed by atoms with van der Waals surface area (Å²) in [5.41, 5.74) is 1.23. The topological polar surface area (TPSA) is 47.9 Å². The molecule has 1 N–H and O–H groups in total. The van der Waals surface area contributed by atoms with Gasteiger partial charge in [-0.2, -0.15) is 0 Å². The summed E-state index contributed by atoms with van der Waals surface area (Å²) < 4.78 is 16.8. The molecule has 4 heteroatoms. The average Bonchev–Trinajstić information content (AvgIpc) is 2.57. The number of rotatable bonds is 14. The maximum Gasteiger partial charge on any atom is 0.199 e. The third-order valence-corrected chi connectivity index (χ3v) is 3.89. The Labute approximate surface area is 147 Å². The van der Waals surface area contributed by atoms with Gasteiger partial charge in [-0.05, 0) is 38.3 Å². The second-order valence-corrected chi connectivity index (χ2v) is 6.11. The smallest absolute Gasteiger partial charge is 0.199 e. The molecule has 4 nitrogen and oxygen atoms in total. The molecule has 0 fully saturated rings. The van der Waals surface area contributed by atoms with Crippen molar-refractivity contribution in [1.29, 1.82) is 0 Å². The number of unbranched alkanes of at least 4 members (excludes halogenated alkanes) is 5. The van der Waals surface area contributed by atoms with E-state index in [-0.39, 0.29) is 13.2 Å². The van der Waals surface area contributed by atoms with Crippen molar-refractivity contribution in [1.82, 2.24) is 0 Å². The number of hydrogen-bond acceptors (Lipinski definition) is 4. The predicted molar refractivity (Wildman–Crippen MR) is 97.2 cm³/mol. The Hall–Kier alpha value is -1.10. The van der Waals surface area contributed by atoms with Crippen LogP contribution in [0.4, 0.5) is 0 Å². The van der Waals surface area contributed by atoms with Crippen LogP contribution >= 0.6 is 0 Å². The SMILES string of the molecule is CCCCCCCCc1ccccc1OC(C)OC(C)OCCO. The Bertz CT molecular complexity index is 422. The van der Waals surface area contributed by atoms with Crippen molar-refractivity contribution in [2.24, 2.45) is 0 Å². The van der Waals surface area contributed by atoms with Gasteiger partial charge in [-0.1, -0.05) is 57.2 Å². The van der Waals surface area contributed by atoms with Crippen molar-refractivity contribution in [3.05, 3.63) is 29.8 Å². The second kappa shape index (κ2) is 13.2. The molecule has 2 unspecified atom stereocenters. The van der Waals surface area contributed by atoms with Gasteiger partial charge in [0.15, 0.2) is 12.6 Å². The molecule has 2 atom stereocenters. The lowest BCUT2D eigenvalue weighted by atomic mass is 10.0. The van der Waals surface area contributed by atoms with Gasteiger partial charge < -0.3 is 19.3 Å². The van der Waals surface area contributed by atoms with Crippen LogP contribution < -0.4 is 4.74 Å². The van der Waals surface area contributed by atoms with E-state index in [9.17, 15) is 0 Å². The Kier molecular flexibility index (Phi) is 11.5. The molecule has 0 radical (unpaired) electrons. The first-order valence-corrected chi connectivity index (χ1v) is 9.29. The highest BCUT2D eigenvalue weighted by Crippen LogP contribution is 2.22. The Balaban J connectivity index is 2.39. The van der Waals surface area contributed by atoms with E-state index in [1.54, 1.807) is 6.92 Å².